The molecule has 0 heterocycles. The summed E-state index contributed by atoms with van der Waals surface area (Å²) in [7, 11) is 4.62. The number of benzene rings is 1. The maximum absolute atomic E-state index is 12.2. The van der Waals surface area contributed by atoms with Crippen LogP contribution in [0.4, 0.5) is 0 Å². The average molecular weight is 351 g/mol. The number of hydrogen-bond donors (Lipinski definition) is 2. The van der Waals surface area contributed by atoms with Crippen LogP contribution in [0.25, 0.3) is 0 Å². The Morgan fingerprint density at radius 2 is 1.76 bits per heavy atom. The summed E-state index contributed by atoms with van der Waals surface area (Å²) >= 11 is 0. The fourth-order valence-electron chi connectivity index (χ4n) is 3.24. The Bertz CT molecular complexity index is 605. The SMILES string of the molecule is COc1cc(CCC(=O)N[C@@H]2CCC[C@@H]2C(=O)O)cc(OC)c1OC. The molecule has 1 aromatic rings. The quantitative estimate of drug-likeness (QED) is 0.744. The molecule has 2 rings (SSSR count). The second-order valence-corrected chi connectivity index (χ2v) is 6.08. The molecule has 138 valence electrons. The first-order chi connectivity index (χ1) is 12.0. The first-order valence-corrected chi connectivity index (χ1v) is 8.31. The highest BCUT2D eigenvalue weighted by Crippen LogP contribution is 2.38. The number of methoxy groups -OCH3 is 3. The molecular weight excluding hydrogens is 326 g/mol. The molecule has 2 atom stereocenters. The highest BCUT2D eigenvalue weighted by atomic mass is 16.5. The Kier molecular flexibility index (Phi) is 6.50. The van der Waals surface area contributed by atoms with Gasteiger partial charge in [0.1, 0.15) is 0 Å². The van der Waals surface area contributed by atoms with Crippen molar-refractivity contribution in [1.82, 2.24) is 5.32 Å². The van der Waals surface area contributed by atoms with E-state index in [1.807, 2.05) is 12.1 Å². The van der Waals surface area contributed by atoms with Crippen LogP contribution < -0.4 is 19.5 Å². The summed E-state index contributed by atoms with van der Waals surface area (Å²) in [4.78, 5) is 23.4. The van der Waals surface area contributed by atoms with Crippen LogP contribution in [-0.2, 0) is 16.0 Å². The van der Waals surface area contributed by atoms with Gasteiger partial charge in [0.05, 0.1) is 27.2 Å². The topological polar surface area (TPSA) is 94.1 Å². The third-order valence-corrected chi connectivity index (χ3v) is 4.54. The highest BCUT2D eigenvalue weighted by Gasteiger charge is 2.33. The van der Waals surface area contributed by atoms with Gasteiger partial charge in [-0.25, -0.2) is 0 Å². The Labute approximate surface area is 147 Å². The van der Waals surface area contributed by atoms with E-state index in [2.05, 4.69) is 5.32 Å². The van der Waals surface area contributed by atoms with E-state index in [1.165, 1.54) is 7.11 Å². The molecule has 0 saturated heterocycles. The molecule has 25 heavy (non-hydrogen) atoms. The van der Waals surface area contributed by atoms with Crippen LogP contribution in [0.15, 0.2) is 12.1 Å². The maximum atomic E-state index is 12.2. The van der Waals surface area contributed by atoms with E-state index in [0.29, 0.717) is 36.5 Å². The van der Waals surface area contributed by atoms with Gasteiger partial charge in [-0.1, -0.05) is 6.42 Å². The summed E-state index contributed by atoms with van der Waals surface area (Å²) in [5, 5.41) is 12.0. The minimum atomic E-state index is -0.840. The lowest BCUT2D eigenvalue weighted by Crippen LogP contribution is -2.40. The predicted molar refractivity (Wildman–Crippen MR) is 91.3 cm³/mol. The van der Waals surface area contributed by atoms with Crippen molar-refractivity contribution in [2.45, 2.75) is 38.1 Å². The minimum absolute atomic E-state index is 0.146. The van der Waals surface area contributed by atoms with Crippen molar-refractivity contribution in [1.29, 1.82) is 0 Å². The van der Waals surface area contributed by atoms with E-state index < -0.39 is 11.9 Å². The zero-order chi connectivity index (χ0) is 18.4. The van der Waals surface area contributed by atoms with Gasteiger partial charge in [-0.2, -0.15) is 0 Å². The summed E-state index contributed by atoms with van der Waals surface area (Å²) < 4.78 is 15.9. The number of aliphatic carboxylic acids is 1. The summed E-state index contributed by atoms with van der Waals surface area (Å²) in [5.74, 6) is 0.121. The van der Waals surface area contributed by atoms with Gasteiger partial charge >= 0.3 is 5.97 Å². The van der Waals surface area contributed by atoms with E-state index in [0.717, 1.165) is 12.0 Å². The summed E-state index contributed by atoms with van der Waals surface area (Å²) in [6.45, 7) is 0. The lowest BCUT2D eigenvalue weighted by Gasteiger charge is -2.18. The smallest absolute Gasteiger partial charge is 0.308 e. The number of carbonyl (C=O) groups excluding carboxylic acids is 1. The minimum Gasteiger partial charge on any atom is -0.493 e. The van der Waals surface area contributed by atoms with Crippen molar-refractivity contribution >= 4 is 11.9 Å². The molecule has 1 aromatic carbocycles. The number of aryl methyl sites for hydroxylation is 1. The van der Waals surface area contributed by atoms with Gasteiger partial charge < -0.3 is 24.6 Å². The lowest BCUT2D eigenvalue weighted by atomic mass is 10.0. The molecule has 1 saturated carbocycles. The van der Waals surface area contributed by atoms with Crippen LogP contribution >= 0.6 is 0 Å². The predicted octanol–water partition coefficient (Wildman–Crippen LogP) is 2.01. The summed E-state index contributed by atoms with van der Waals surface area (Å²) in [6, 6.07) is 3.35. The number of carboxylic acids is 1. The maximum Gasteiger partial charge on any atom is 0.308 e. The Morgan fingerprint density at radius 3 is 2.28 bits per heavy atom. The summed E-state index contributed by atoms with van der Waals surface area (Å²) in [5.41, 5.74) is 0.880. The third-order valence-electron chi connectivity index (χ3n) is 4.54. The zero-order valence-electron chi connectivity index (χ0n) is 14.8. The molecule has 1 aliphatic carbocycles. The first-order valence-electron chi connectivity index (χ1n) is 8.31. The highest BCUT2D eigenvalue weighted by molar-refractivity contribution is 5.78. The van der Waals surface area contributed by atoms with Gasteiger partial charge in [-0.05, 0) is 37.0 Å². The van der Waals surface area contributed by atoms with Crippen molar-refractivity contribution < 1.29 is 28.9 Å². The second-order valence-electron chi connectivity index (χ2n) is 6.08. The zero-order valence-corrected chi connectivity index (χ0v) is 14.8. The molecule has 7 heteroatoms. The lowest BCUT2D eigenvalue weighted by molar-refractivity contribution is -0.142. The van der Waals surface area contributed by atoms with E-state index in [9.17, 15) is 14.7 Å². The molecule has 0 spiro atoms. The molecule has 0 radical (unpaired) electrons. The van der Waals surface area contributed by atoms with E-state index in [-0.39, 0.29) is 18.4 Å². The van der Waals surface area contributed by atoms with E-state index >= 15 is 0 Å². The number of amides is 1. The van der Waals surface area contributed by atoms with E-state index in [1.54, 1.807) is 14.2 Å². The number of carbonyl (C=O) groups is 2. The molecular formula is C18H25NO6. The monoisotopic (exact) mass is 351 g/mol. The van der Waals surface area contributed by atoms with Crippen LogP contribution in [0.2, 0.25) is 0 Å². The van der Waals surface area contributed by atoms with Gasteiger partial charge in [-0.15, -0.1) is 0 Å². The second kappa shape index (κ2) is 8.60. The molecule has 1 amide bonds. The van der Waals surface area contributed by atoms with Crippen LogP contribution in [0.1, 0.15) is 31.2 Å². The third kappa shape index (κ3) is 4.55. The van der Waals surface area contributed by atoms with Gasteiger partial charge in [0.2, 0.25) is 11.7 Å². The fourth-order valence-corrected chi connectivity index (χ4v) is 3.24. The normalized spacial score (nSPS) is 19.3. The van der Waals surface area contributed by atoms with Crippen LogP contribution in [-0.4, -0.2) is 44.4 Å². The average Bonchev–Trinajstić information content (AvgIpc) is 3.07. The van der Waals surface area contributed by atoms with Crippen LogP contribution in [0.3, 0.4) is 0 Å². The first kappa shape index (κ1) is 18.9. The number of carboxylic acid groups (broad SMARTS) is 1. The molecule has 2 N–H and O–H groups in total. The van der Waals surface area contributed by atoms with Gasteiger partial charge in [0, 0.05) is 12.5 Å². The molecule has 0 unspecified atom stereocenters. The molecule has 1 fully saturated rings. The Hall–Kier alpha value is -2.44. The Morgan fingerprint density at radius 1 is 1.12 bits per heavy atom. The van der Waals surface area contributed by atoms with Crippen molar-refractivity contribution in [3.05, 3.63) is 17.7 Å². The molecule has 1 aliphatic rings. The molecule has 7 nitrogen and oxygen atoms in total. The summed E-state index contributed by atoms with van der Waals surface area (Å²) in [6.07, 6.45) is 2.92. The van der Waals surface area contributed by atoms with Crippen molar-refractivity contribution in [3.63, 3.8) is 0 Å². The van der Waals surface area contributed by atoms with Crippen LogP contribution in [0, 0.1) is 5.92 Å². The number of rotatable bonds is 8. The number of hydrogen-bond acceptors (Lipinski definition) is 5. The number of ether oxygens (including phenoxy) is 3. The van der Waals surface area contributed by atoms with E-state index in [4.69, 9.17) is 14.2 Å². The van der Waals surface area contributed by atoms with Gasteiger partial charge in [0.25, 0.3) is 0 Å². The molecule has 0 bridgehead atoms. The van der Waals surface area contributed by atoms with Crippen molar-refractivity contribution in [2.75, 3.05) is 21.3 Å². The fraction of sp³-hybridized carbons (Fsp3) is 0.556. The van der Waals surface area contributed by atoms with Crippen molar-refractivity contribution in [3.8, 4) is 17.2 Å². The van der Waals surface area contributed by atoms with Gasteiger partial charge in [-0.3, -0.25) is 9.59 Å². The van der Waals surface area contributed by atoms with Crippen molar-refractivity contribution in [2.24, 2.45) is 5.92 Å². The Balaban J connectivity index is 1.98. The standard InChI is InChI=1S/C18H25NO6/c1-23-14-9-11(10-15(24-2)17(14)25-3)7-8-16(20)19-13-6-4-5-12(13)18(21)22/h9-10,12-13H,4-8H2,1-3H3,(H,19,20)(H,21,22)/t12-,13+/m0/s1. The van der Waals surface area contributed by atoms with Crippen LogP contribution in [0.5, 0.6) is 17.2 Å². The molecule has 0 aliphatic heterocycles. The van der Waals surface area contributed by atoms with Gasteiger partial charge in [0.15, 0.2) is 11.5 Å². The molecule has 0 aromatic heterocycles. The number of nitrogens with one attached hydrogen (secondary N) is 1. The largest absolute Gasteiger partial charge is 0.493 e.